The number of carbonyl (C=O) groups excluding carboxylic acids is 1. The minimum Gasteiger partial charge on any atom is -0.398 e. The molecular formula is C14H8BrF4NO. The molecule has 0 aromatic heterocycles. The minimum absolute atomic E-state index is 0.0866. The number of ketones is 1. The Bertz CT molecular complexity index is 713. The Hall–Kier alpha value is -1.89. The van der Waals surface area contributed by atoms with Gasteiger partial charge in [-0.1, -0.05) is 22.0 Å². The molecule has 0 aliphatic heterocycles. The van der Waals surface area contributed by atoms with Gasteiger partial charge in [0.25, 0.3) is 0 Å². The van der Waals surface area contributed by atoms with Gasteiger partial charge in [-0.05, 0) is 30.3 Å². The van der Waals surface area contributed by atoms with Crippen molar-refractivity contribution in [2.24, 2.45) is 0 Å². The predicted molar refractivity (Wildman–Crippen MR) is 73.4 cm³/mol. The summed E-state index contributed by atoms with van der Waals surface area (Å²) < 4.78 is 51.5. The fourth-order valence-electron chi connectivity index (χ4n) is 1.77. The highest BCUT2D eigenvalue weighted by Gasteiger charge is 2.34. The van der Waals surface area contributed by atoms with Crippen LogP contribution in [-0.4, -0.2) is 5.78 Å². The monoisotopic (exact) mass is 361 g/mol. The van der Waals surface area contributed by atoms with E-state index in [9.17, 15) is 22.4 Å². The summed E-state index contributed by atoms with van der Waals surface area (Å²) in [6.07, 6.45) is -4.81. The van der Waals surface area contributed by atoms with Gasteiger partial charge in [-0.25, -0.2) is 4.39 Å². The molecule has 0 saturated carbocycles. The number of benzene rings is 2. The van der Waals surface area contributed by atoms with E-state index in [4.69, 9.17) is 5.73 Å². The maximum atomic E-state index is 13.5. The van der Waals surface area contributed by atoms with Crippen molar-refractivity contribution in [3.63, 3.8) is 0 Å². The average molecular weight is 362 g/mol. The van der Waals surface area contributed by atoms with Crippen LogP contribution in [0.3, 0.4) is 0 Å². The topological polar surface area (TPSA) is 43.1 Å². The fraction of sp³-hybridized carbons (Fsp3) is 0.0714. The van der Waals surface area contributed by atoms with Crippen LogP contribution in [0.4, 0.5) is 23.2 Å². The summed E-state index contributed by atoms with van der Waals surface area (Å²) in [7, 11) is 0. The third-order valence-corrected chi connectivity index (χ3v) is 3.29. The highest BCUT2D eigenvalue weighted by atomic mass is 79.9. The number of carbonyl (C=O) groups is 1. The highest BCUT2D eigenvalue weighted by Crippen LogP contribution is 2.32. The lowest BCUT2D eigenvalue weighted by molar-refractivity contribution is -0.140. The SMILES string of the molecule is Nc1ccc(Br)cc1C(=O)c1ccc(C(F)(F)F)c(F)c1. The molecule has 21 heavy (non-hydrogen) atoms. The maximum Gasteiger partial charge on any atom is 0.419 e. The zero-order valence-electron chi connectivity index (χ0n) is 10.3. The second-order valence-electron chi connectivity index (χ2n) is 4.25. The largest absolute Gasteiger partial charge is 0.419 e. The van der Waals surface area contributed by atoms with E-state index in [1.54, 1.807) is 6.07 Å². The van der Waals surface area contributed by atoms with Crippen LogP contribution in [0.25, 0.3) is 0 Å². The molecule has 0 bridgehead atoms. The number of halogens is 5. The van der Waals surface area contributed by atoms with Crippen molar-refractivity contribution in [2.75, 3.05) is 5.73 Å². The van der Waals surface area contributed by atoms with Crippen molar-refractivity contribution in [1.82, 2.24) is 0 Å². The molecule has 0 aliphatic rings. The Morgan fingerprint density at radius 3 is 2.33 bits per heavy atom. The third-order valence-electron chi connectivity index (χ3n) is 2.80. The first-order valence-corrected chi connectivity index (χ1v) is 6.46. The Labute approximate surface area is 125 Å². The van der Waals surface area contributed by atoms with E-state index in [1.807, 2.05) is 0 Å². The number of nitrogens with two attached hydrogens (primary N) is 1. The molecule has 0 spiro atoms. The van der Waals surface area contributed by atoms with Crippen molar-refractivity contribution in [3.8, 4) is 0 Å². The number of anilines is 1. The Morgan fingerprint density at radius 2 is 1.76 bits per heavy atom. The van der Waals surface area contributed by atoms with Gasteiger partial charge in [-0.2, -0.15) is 13.2 Å². The van der Waals surface area contributed by atoms with Crippen molar-refractivity contribution < 1.29 is 22.4 Å². The number of alkyl halides is 3. The zero-order chi connectivity index (χ0) is 15.8. The Kier molecular flexibility index (Phi) is 4.04. The first-order valence-electron chi connectivity index (χ1n) is 5.66. The van der Waals surface area contributed by atoms with Gasteiger partial charge in [0.1, 0.15) is 5.82 Å². The van der Waals surface area contributed by atoms with Crippen LogP contribution in [0.15, 0.2) is 40.9 Å². The van der Waals surface area contributed by atoms with E-state index in [2.05, 4.69) is 15.9 Å². The molecule has 2 aromatic carbocycles. The van der Waals surface area contributed by atoms with Crippen molar-refractivity contribution in [2.45, 2.75) is 6.18 Å². The molecule has 110 valence electrons. The Morgan fingerprint density at radius 1 is 1.10 bits per heavy atom. The van der Waals surface area contributed by atoms with Gasteiger partial charge in [0.05, 0.1) is 5.56 Å². The number of rotatable bonds is 2. The van der Waals surface area contributed by atoms with Gasteiger partial charge >= 0.3 is 6.18 Å². The molecule has 0 heterocycles. The number of hydrogen-bond acceptors (Lipinski definition) is 2. The average Bonchev–Trinajstić information content (AvgIpc) is 2.39. The quantitative estimate of drug-likeness (QED) is 0.488. The van der Waals surface area contributed by atoms with Gasteiger partial charge in [0.15, 0.2) is 5.78 Å². The lowest BCUT2D eigenvalue weighted by atomic mass is 10.0. The van der Waals surface area contributed by atoms with E-state index in [-0.39, 0.29) is 16.8 Å². The minimum atomic E-state index is -4.81. The fourth-order valence-corrected chi connectivity index (χ4v) is 2.13. The van der Waals surface area contributed by atoms with Crippen LogP contribution in [0.2, 0.25) is 0 Å². The molecule has 0 aliphatic carbocycles. The van der Waals surface area contributed by atoms with Gasteiger partial charge in [-0.3, -0.25) is 4.79 Å². The summed E-state index contributed by atoms with van der Waals surface area (Å²) in [5, 5.41) is 0. The first-order chi connectivity index (χ1) is 9.70. The molecule has 2 nitrogen and oxygen atoms in total. The number of nitrogen functional groups attached to an aromatic ring is 1. The van der Waals surface area contributed by atoms with Crippen molar-refractivity contribution in [3.05, 3.63) is 63.4 Å². The smallest absolute Gasteiger partial charge is 0.398 e. The molecule has 0 unspecified atom stereocenters. The van der Waals surface area contributed by atoms with Crippen LogP contribution >= 0.6 is 15.9 Å². The zero-order valence-corrected chi connectivity index (χ0v) is 11.9. The summed E-state index contributed by atoms with van der Waals surface area (Å²) in [4.78, 5) is 12.2. The molecule has 2 aromatic rings. The molecule has 0 saturated heterocycles. The molecule has 0 radical (unpaired) electrons. The van der Waals surface area contributed by atoms with Crippen molar-refractivity contribution >= 4 is 27.4 Å². The van der Waals surface area contributed by atoms with Crippen LogP contribution in [0.5, 0.6) is 0 Å². The van der Waals surface area contributed by atoms with Crippen molar-refractivity contribution in [1.29, 1.82) is 0 Å². The predicted octanol–water partition coefficient (Wildman–Crippen LogP) is 4.42. The van der Waals surface area contributed by atoms with E-state index in [0.29, 0.717) is 16.6 Å². The highest BCUT2D eigenvalue weighted by molar-refractivity contribution is 9.10. The molecule has 0 atom stereocenters. The normalized spacial score (nSPS) is 11.5. The number of hydrogen-bond donors (Lipinski definition) is 1. The summed E-state index contributed by atoms with van der Waals surface area (Å²) in [6.45, 7) is 0. The van der Waals surface area contributed by atoms with E-state index >= 15 is 0 Å². The van der Waals surface area contributed by atoms with Gasteiger partial charge < -0.3 is 5.73 Å². The van der Waals surface area contributed by atoms with Crippen LogP contribution in [-0.2, 0) is 6.18 Å². The lowest BCUT2D eigenvalue weighted by Gasteiger charge is -2.10. The van der Waals surface area contributed by atoms with Crippen LogP contribution in [0, 0.1) is 5.82 Å². The lowest BCUT2D eigenvalue weighted by Crippen LogP contribution is -2.11. The van der Waals surface area contributed by atoms with E-state index < -0.39 is 23.3 Å². The molecular weight excluding hydrogens is 354 g/mol. The van der Waals surface area contributed by atoms with Crippen LogP contribution < -0.4 is 5.73 Å². The van der Waals surface area contributed by atoms with Gasteiger partial charge in [-0.15, -0.1) is 0 Å². The molecule has 2 rings (SSSR count). The van der Waals surface area contributed by atoms with E-state index in [1.165, 1.54) is 12.1 Å². The first kappa shape index (κ1) is 15.5. The standard InChI is InChI=1S/C14H8BrF4NO/c15-8-2-4-12(20)9(6-8)13(21)7-1-3-10(11(16)5-7)14(17,18)19/h1-6H,20H2. The Balaban J connectivity index is 2.45. The second-order valence-corrected chi connectivity index (χ2v) is 5.17. The molecule has 2 N–H and O–H groups in total. The molecule has 7 heteroatoms. The maximum absolute atomic E-state index is 13.5. The van der Waals surface area contributed by atoms with Crippen LogP contribution in [0.1, 0.15) is 21.5 Å². The second kappa shape index (κ2) is 5.48. The summed E-state index contributed by atoms with van der Waals surface area (Å²) in [5.74, 6) is -2.15. The van der Waals surface area contributed by atoms with Gasteiger partial charge in [0.2, 0.25) is 0 Å². The molecule has 0 fully saturated rings. The van der Waals surface area contributed by atoms with Gasteiger partial charge in [0, 0.05) is 21.3 Å². The third kappa shape index (κ3) is 3.24. The summed E-state index contributed by atoms with van der Waals surface area (Å²) >= 11 is 3.16. The van der Waals surface area contributed by atoms with E-state index in [0.717, 1.165) is 6.07 Å². The summed E-state index contributed by atoms with van der Waals surface area (Å²) in [6, 6.07) is 6.53. The summed E-state index contributed by atoms with van der Waals surface area (Å²) in [5.41, 5.74) is 4.27. The molecule has 0 amide bonds.